The number of nitrogens with zero attached hydrogens (tertiary/aromatic N) is 4. The fourth-order valence-electron chi connectivity index (χ4n) is 5.65. The third kappa shape index (κ3) is 6.93. The van der Waals surface area contributed by atoms with Crippen molar-refractivity contribution in [3.63, 3.8) is 0 Å². The van der Waals surface area contributed by atoms with E-state index in [1.54, 1.807) is 11.9 Å². The maximum Gasteiger partial charge on any atom is 0.411 e. The SMILES string of the molecule is CN1CC(N2CCN(CCCC(=O)O)CC2CCC2CCN(Cc3ccccc3)CC2)OC1=O. The Hall–Kier alpha value is -2.16. The van der Waals surface area contributed by atoms with E-state index in [4.69, 9.17) is 9.84 Å². The predicted octanol–water partition coefficient (Wildman–Crippen LogP) is 2.94. The van der Waals surface area contributed by atoms with Crippen molar-refractivity contribution in [3.8, 4) is 0 Å². The number of rotatable bonds is 10. The summed E-state index contributed by atoms with van der Waals surface area (Å²) in [6.45, 7) is 7.45. The predicted molar refractivity (Wildman–Crippen MR) is 130 cm³/mol. The average Bonchev–Trinajstić information content (AvgIpc) is 3.17. The van der Waals surface area contributed by atoms with E-state index in [2.05, 4.69) is 45.0 Å². The largest absolute Gasteiger partial charge is 0.481 e. The van der Waals surface area contributed by atoms with Crippen molar-refractivity contribution in [2.75, 3.05) is 52.9 Å². The Morgan fingerprint density at radius 2 is 1.79 bits per heavy atom. The Labute approximate surface area is 203 Å². The van der Waals surface area contributed by atoms with Gasteiger partial charge < -0.3 is 19.6 Å². The monoisotopic (exact) mass is 472 g/mol. The van der Waals surface area contributed by atoms with Crippen LogP contribution in [0, 0.1) is 5.92 Å². The number of hydrogen-bond acceptors (Lipinski definition) is 6. The summed E-state index contributed by atoms with van der Waals surface area (Å²) >= 11 is 0. The Kier molecular flexibility index (Phi) is 8.80. The molecule has 4 rings (SSSR count). The van der Waals surface area contributed by atoms with Gasteiger partial charge >= 0.3 is 12.1 Å². The van der Waals surface area contributed by atoms with Gasteiger partial charge in [-0.25, -0.2) is 4.79 Å². The van der Waals surface area contributed by atoms with Gasteiger partial charge in [-0.2, -0.15) is 0 Å². The van der Waals surface area contributed by atoms with E-state index in [1.165, 1.54) is 24.8 Å². The number of likely N-dealkylation sites (N-methyl/N-ethyl adjacent to an activating group) is 1. The molecule has 3 fully saturated rings. The molecule has 0 bridgehead atoms. The molecule has 3 aliphatic heterocycles. The molecule has 3 saturated heterocycles. The lowest BCUT2D eigenvalue weighted by molar-refractivity contribution is -0.137. The zero-order valence-corrected chi connectivity index (χ0v) is 20.5. The van der Waals surface area contributed by atoms with Crippen molar-refractivity contribution in [2.45, 2.75) is 57.3 Å². The van der Waals surface area contributed by atoms with Crippen LogP contribution in [-0.4, -0.2) is 102 Å². The lowest BCUT2D eigenvalue weighted by Gasteiger charge is -2.44. The highest BCUT2D eigenvalue weighted by molar-refractivity contribution is 5.69. The van der Waals surface area contributed by atoms with Gasteiger partial charge in [0, 0.05) is 45.7 Å². The van der Waals surface area contributed by atoms with E-state index >= 15 is 0 Å². The third-order valence-electron chi connectivity index (χ3n) is 7.69. The molecule has 1 N–H and O–H groups in total. The molecule has 3 aliphatic rings. The van der Waals surface area contributed by atoms with Crippen LogP contribution in [0.3, 0.4) is 0 Å². The standard InChI is InChI=1S/C26H40N4O4/c1-27-20-24(34-26(27)33)30-17-16-28(13-5-8-25(31)32)19-23(30)10-9-21-11-14-29(15-12-21)18-22-6-3-2-4-7-22/h2-4,6-7,21,23-24H,5,8-20H2,1H3,(H,31,32). The number of benzene rings is 1. The molecule has 0 saturated carbocycles. The van der Waals surface area contributed by atoms with Crippen LogP contribution in [0.4, 0.5) is 4.79 Å². The van der Waals surface area contributed by atoms with E-state index in [9.17, 15) is 9.59 Å². The van der Waals surface area contributed by atoms with Crippen LogP contribution in [0.2, 0.25) is 0 Å². The highest BCUT2D eigenvalue weighted by atomic mass is 16.6. The number of carboxylic acids is 1. The Balaban J connectivity index is 1.27. The minimum atomic E-state index is -0.727. The fourth-order valence-corrected chi connectivity index (χ4v) is 5.65. The molecular weight excluding hydrogens is 432 g/mol. The second kappa shape index (κ2) is 12.0. The maximum atomic E-state index is 12.0. The number of carboxylic acid groups (broad SMARTS) is 1. The Morgan fingerprint density at radius 3 is 2.47 bits per heavy atom. The molecule has 2 unspecified atom stereocenters. The number of likely N-dealkylation sites (tertiary alicyclic amines) is 1. The van der Waals surface area contributed by atoms with Crippen LogP contribution in [0.5, 0.6) is 0 Å². The average molecular weight is 473 g/mol. The third-order valence-corrected chi connectivity index (χ3v) is 7.69. The van der Waals surface area contributed by atoms with Gasteiger partial charge in [-0.1, -0.05) is 30.3 Å². The second-order valence-electron chi connectivity index (χ2n) is 10.2. The molecule has 8 nitrogen and oxygen atoms in total. The molecule has 34 heavy (non-hydrogen) atoms. The molecule has 1 amide bonds. The van der Waals surface area contributed by atoms with Gasteiger partial charge in [-0.3, -0.25) is 14.6 Å². The topological polar surface area (TPSA) is 76.6 Å². The summed E-state index contributed by atoms with van der Waals surface area (Å²) in [5.41, 5.74) is 1.39. The van der Waals surface area contributed by atoms with Crippen LogP contribution >= 0.6 is 0 Å². The van der Waals surface area contributed by atoms with Gasteiger partial charge in [0.05, 0.1) is 6.54 Å². The number of amides is 1. The fraction of sp³-hybridized carbons (Fsp3) is 0.692. The zero-order valence-electron chi connectivity index (χ0n) is 20.5. The van der Waals surface area contributed by atoms with Crippen LogP contribution in [0.1, 0.15) is 44.1 Å². The molecule has 1 aromatic carbocycles. The summed E-state index contributed by atoms with van der Waals surface area (Å²) in [5, 5.41) is 8.98. The normalized spacial score (nSPS) is 25.6. The summed E-state index contributed by atoms with van der Waals surface area (Å²) in [4.78, 5) is 31.9. The first-order valence-corrected chi connectivity index (χ1v) is 12.9. The molecule has 8 heteroatoms. The first-order valence-electron chi connectivity index (χ1n) is 12.9. The Bertz CT molecular complexity index is 799. The number of ether oxygens (including phenoxy) is 1. The smallest absolute Gasteiger partial charge is 0.411 e. The van der Waals surface area contributed by atoms with Gasteiger partial charge in [-0.15, -0.1) is 0 Å². The maximum absolute atomic E-state index is 12.0. The zero-order chi connectivity index (χ0) is 23.9. The van der Waals surface area contributed by atoms with Crippen LogP contribution in [0.25, 0.3) is 0 Å². The van der Waals surface area contributed by atoms with Gasteiger partial charge in [0.2, 0.25) is 0 Å². The van der Waals surface area contributed by atoms with Crippen molar-refractivity contribution in [1.29, 1.82) is 0 Å². The summed E-state index contributed by atoms with van der Waals surface area (Å²) in [5.74, 6) is 0.0137. The molecule has 188 valence electrons. The van der Waals surface area contributed by atoms with E-state index in [-0.39, 0.29) is 18.7 Å². The summed E-state index contributed by atoms with van der Waals surface area (Å²) in [6.07, 6.45) is 5.26. The molecule has 0 radical (unpaired) electrons. The van der Waals surface area contributed by atoms with Crippen molar-refractivity contribution in [2.24, 2.45) is 5.92 Å². The number of piperazine rings is 1. The van der Waals surface area contributed by atoms with Crippen molar-refractivity contribution in [1.82, 2.24) is 19.6 Å². The van der Waals surface area contributed by atoms with E-state index in [0.717, 1.165) is 58.2 Å². The number of hydrogen-bond donors (Lipinski definition) is 1. The summed E-state index contributed by atoms with van der Waals surface area (Å²) in [7, 11) is 1.79. The van der Waals surface area contributed by atoms with Crippen molar-refractivity contribution >= 4 is 12.1 Å². The number of carbonyl (C=O) groups excluding carboxylic acids is 1. The van der Waals surface area contributed by atoms with Gasteiger partial charge in [0.15, 0.2) is 6.23 Å². The molecule has 0 aliphatic carbocycles. The van der Waals surface area contributed by atoms with Gasteiger partial charge in [-0.05, 0) is 63.2 Å². The summed E-state index contributed by atoms with van der Waals surface area (Å²) in [6, 6.07) is 11.1. The van der Waals surface area contributed by atoms with E-state index < -0.39 is 5.97 Å². The number of aliphatic carboxylic acids is 1. The van der Waals surface area contributed by atoms with E-state index in [1.807, 2.05) is 0 Å². The molecule has 0 aromatic heterocycles. The van der Waals surface area contributed by atoms with Gasteiger partial charge in [0.25, 0.3) is 0 Å². The molecular formula is C26H40N4O4. The van der Waals surface area contributed by atoms with Crippen molar-refractivity contribution in [3.05, 3.63) is 35.9 Å². The lowest BCUT2D eigenvalue weighted by atomic mass is 9.89. The molecule has 0 spiro atoms. The second-order valence-corrected chi connectivity index (χ2v) is 10.2. The highest BCUT2D eigenvalue weighted by Gasteiger charge is 2.39. The summed E-state index contributed by atoms with van der Waals surface area (Å²) < 4.78 is 5.66. The number of piperidine rings is 1. The van der Waals surface area contributed by atoms with Crippen LogP contribution in [0.15, 0.2) is 30.3 Å². The Morgan fingerprint density at radius 1 is 1.03 bits per heavy atom. The quantitative estimate of drug-likeness (QED) is 0.561. The van der Waals surface area contributed by atoms with Crippen molar-refractivity contribution < 1.29 is 19.4 Å². The first kappa shape index (κ1) is 24.9. The number of carbonyl (C=O) groups is 2. The van der Waals surface area contributed by atoms with Crippen LogP contribution in [-0.2, 0) is 16.1 Å². The molecule has 2 atom stereocenters. The van der Waals surface area contributed by atoms with Gasteiger partial charge in [0.1, 0.15) is 0 Å². The highest BCUT2D eigenvalue weighted by Crippen LogP contribution is 2.28. The first-order chi connectivity index (χ1) is 16.5. The minimum Gasteiger partial charge on any atom is -0.481 e. The molecule has 3 heterocycles. The van der Waals surface area contributed by atoms with E-state index in [0.29, 0.717) is 19.0 Å². The molecule has 1 aromatic rings. The van der Waals surface area contributed by atoms with Crippen LogP contribution < -0.4 is 0 Å². The number of cyclic esters (lactones) is 1. The minimum absolute atomic E-state index is 0.170. The lowest BCUT2D eigenvalue weighted by Crippen LogP contribution is -2.57.